The topological polar surface area (TPSA) is 54.9 Å². The molecule has 0 fully saturated rings. The number of halogens is 2. The molecule has 0 amide bonds. The third kappa shape index (κ3) is 3.24. The molecular formula is C11H9ClFN3OS. The Labute approximate surface area is 112 Å². The van der Waals surface area contributed by atoms with Gasteiger partial charge in [0.2, 0.25) is 5.13 Å². The molecule has 18 heavy (non-hydrogen) atoms. The predicted molar refractivity (Wildman–Crippen MR) is 69.0 cm³/mol. The fraction of sp³-hybridized carbons (Fsp3) is 0.182. The van der Waals surface area contributed by atoms with E-state index in [9.17, 15) is 9.18 Å². The minimum absolute atomic E-state index is 0.00387. The van der Waals surface area contributed by atoms with Gasteiger partial charge in [-0.15, -0.1) is 0 Å². The average Bonchev–Trinajstić information content (AvgIpc) is 2.70. The lowest BCUT2D eigenvalue weighted by molar-refractivity contribution is -0.116. The largest absolute Gasteiger partial charge is 0.330 e. The van der Waals surface area contributed by atoms with Crippen LogP contribution in [-0.2, 0) is 11.2 Å². The second-order valence-electron chi connectivity index (χ2n) is 3.65. The SMILES string of the molecule is CC(=O)Cc1nsc(Nc2ccc(F)c(Cl)c2)n1. The standard InChI is InChI=1S/C11H9ClFN3OS/c1-6(17)4-10-15-11(18-16-10)14-7-2-3-9(13)8(12)5-7/h2-3,5H,4H2,1H3,(H,14,15,16). The van der Waals surface area contributed by atoms with E-state index in [0.717, 1.165) is 11.5 Å². The number of aromatic nitrogens is 2. The van der Waals surface area contributed by atoms with Crippen LogP contribution in [0.5, 0.6) is 0 Å². The summed E-state index contributed by atoms with van der Waals surface area (Å²) in [5, 5.41) is 3.52. The van der Waals surface area contributed by atoms with E-state index in [1.54, 1.807) is 6.07 Å². The Morgan fingerprint density at radius 3 is 3.00 bits per heavy atom. The number of Topliss-reactive ketones (excluding diaryl/α,β-unsaturated/α-hetero) is 1. The van der Waals surface area contributed by atoms with Crippen molar-refractivity contribution in [2.75, 3.05) is 5.32 Å². The Morgan fingerprint density at radius 1 is 1.56 bits per heavy atom. The number of hydrogen-bond donors (Lipinski definition) is 1. The zero-order chi connectivity index (χ0) is 13.1. The van der Waals surface area contributed by atoms with Crippen LogP contribution in [0.2, 0.25) is 5.02 Å². The normalized spacial score (nSPS) is 10.4. The van der Waals surface area contributed by atoms with Gasteiger partial charge in [0.1, 0.15) is 11.6 Å². The highest BCUT2D eigenvalue weighted by Gasteiger charge is 2.07. The summed E-state index contributed by atoms with van der Waals surface area (Å²) in [4.78, 5) is 15.0. The Balaban J connectivity index is 2.11. The Hall–Kier alpha value is -1.53. The molecule has 0 aliphatic heterocycles. The van der Waals surface area contributed by atoms with Gasteiger partial charge in [-0.3, -0.25) is 4.79 Å². The molecule has 94 valence electrons. The van der Waals surface area contributed by atoms with Crippen LogP contribution in [0.4, 0.5) is 15.2 Å². The van der Waals surface area contributed by atoms with Crippen LogP contribution < -0.4 is 5.32 Å². The first-order valence-electron chi connectivity index (χ1n) is 5.08. The van der Waals surface area contributed by atoms with Crippen LogP contribution in [0.3, 0.4) is 0 Å². The molecule has 1 aromatic heterocycles. The summed E-state index contributed by atoms with van der Waals surface area (Å²) in [6.45, 7) is 1.48. The summed E-state index contributed by atoms with van der Waals surface area (Å²) in [5.41, 5.74) is 0.618. The van der Waals surface area contributed by atoms with Crippen LogP contribution >= 0.6 is 23.1 Å². The fourth-order valence-electron chi connectivity index (χ4n) is 1.30. The quantitative estimate of drug-likeness (QED) is 0.937. The maximum Gasteiger partial charge on any atom is 0.207 e. The number of hydrogen-bond acceptors (Lipinski definition) is 5. The molecule has 2 rings (SSSR count). The first-order valence-corrected chi connectivity index (χ1v) is 6.24. The van der Waals surface area contributed by atoms with E-state index in [2.05, 4.69) is 14.7 Å². The summed E-state index contributed by atoms with van der Waals surface area (Å²) in [6, 6.07) is 4.28. The predicted octanol–water partition coefficient (Wildman–Crippen LogP) is 3.21. The Bertz CT molecular complexity index is 587. The molecule has 0 atom stereocenters. The minimum Gasteiger partial charge on any atom is -0.330 e. The lowest BCUT2D eigenvalue weighted by Gasteiger charge is -2.02. The van der Waals surface area contributed by atoms with Gasteiger partial charge in [0.15, 0.2) is 5.82 Å². The number of ketones is 1. The number of carbonyl (C=O) groups is 1. The van der Waals surface area contributed by atoms with Crippen LogP contribution in [0.15, 0.2) is 18.2 Å². The van der Waals surface area contributed by atoms with Crippen LogP contribution in [0, 0.1) is 5.82 Å². The molecule has 4 nitrogen and oxygen atoms in total. The van der Waals surface area contributed by atoms with Crippen molar-refractivity contribution in [3.8, 4) is 0 Å². The molecular weight excluding hydrogens is 277 g/mol. The fourth-order valence-corrected chi connectivity index (χ4v) is 2.08. The summed E-state index contributed by atoms with van der Waals surface area (Å²) in [7, 11) is 0. The first-order chi connectivity index (χ1) is 8.54. The molecule has 0 bridgehead atoms. The number of nitrogens with zero attached hydrogens (tertiary/aromatic N) is 2. The second kappa shape index (κ2) is 5.41. The lowest BCUT2D eigenvalue weighted by Crippen LogP contribution is -1.98. The molecule has 0 aliphatic rings. The zero-order valence-corrected chi connectivity index (χ0v) is 11.0. The van der Waals surface area contributed by atoms with Crippen molar-refractivity contribution >= 4 is 39.7 Å². The van der Waals surface area contributed by atoms with E-state index >= 15 is 0 Å². The minimum atomic E-state index is -0.475. The summed E-state index contributed by atoms with van der Waals surface area (Å²) < 4.78 is 17.0. The van der Waals surface area contributed by atoms with Gasteiger partial charge in [-0.2, -0.15) is 4.37 Å². The summed E-state index contributed by atoms with van der Waals surface area (Å²) in [6.07, 6.45) is 0.211. The van der Waals surface area contributed by atoms with E-state index in [1.165, 1.54) is 19.1 Å². The molecule has 0 saturated heterocycles. The van der Waals surface area contributed by atoms with Crippen molar-refractivity contribution in [1.82, 2.24) is 9.36 Å². The smallest absolute Gasteiger partial charge is 0.207 e. The lowest BCUT2D eigenvalue weighted by atomic mass is 10.3. The van der Waals surface area contributed by atoms with E-state index in [-0.39, 0.29) is 17.2 Å². The highest BCUT2D eigenvalue weighted by molar-refractivity contribution is 7.09. The van der Waals surface area contributed by atoms with E-state index in [0.29, 0.717) is 16.6 Å². The van der Waals surface area contributed by atoms with Crippen molar-refractivity contribution < 1.29 is 9.18 Å². The van der Waals surface area contributed by atoms with Crippen LogP contribution in [-0.4, -0.2) is 15.1 Å². The van der Waals surface area contributed by atoms with Crippen molar-refractivity contribution in [3.05, 3.63) is 34.9 Å². The van der Waals surface area contributed by atoms with Gasteiger partial charge >= 0.3 is 0 Å². The number of rotatable bonds is 4. The molecule has 7 heteroatoms. The van der Waals surface area contributed by atoms with E-state index in [1.807, 2.05) is 0 Å². The molecule has 0 radical (unpaired) electrons. The third-order valence-electron chi connectivity index (χ3n) is 2.05. The van der Waals surface area contributed by atoms with Gasteiger partial charge < -0.3 is 5.32 Å². The van der Waals surface area contributed by atoms with Gasteiger partial charge in [-0.25, -0.2) is 9.37 Å². The van der Waals surface area contributed by atoms with Crippen LogP contribution in [0.1, 0.15) is 12.7 Å². The van der Waals surface area contributed by atoms with E-state index < -0.39 is 5.82 Å². The van der Waals surface area contributed by atoms with Gasteiger partial charge in [0.05, 0.1) is 11.4 Å². The van der Waals surface area contributed by atoms with Gasteiger partial charge in [-0.1, -0.05) is 11.6 Å². The molecule has 0 aliphatic carbocycles. The maximum atomic E-state index is 13.0. The van der Waals surface area contributed by atoms with Gasteiger partial charge in [0, 0.05) is 17.2 Å². The molecule has 1 N–H and O–H groups in total. The molecule has 0 saturated carbocycles. The van der Waals surface area contributed by atoms with E-state index in [4.69, 9.17) is 11.6 Å². The molecule has 1 heterocycles. The van der Waals surface area contributed by atoms with Crippen molar-refractivity contribution in [3.63, 3.8) is 0 Å². The number of carbonyl (C=O) groups excluding carboxylic acids is 1. The highest BCUT2D eigenvalue weighted by Crippen LogP contribution is 2.23. The second-order valence-corrected chi connectivity index (χ2v) is 4.81. The van der Waals surface area contributed by atoms with Crippen molar-refractivity contribution in [1.29, 1.82) is 0 Å². The highest BCUT2D eigenvalue weighted by atomic mass is 35.5. The Morgan fingerprint density at radius 2 is 2.33 bits per heavy atom. The van der Waals surface area contributed by atoms with Crippen molar-refractivity contribution in [2.24, 2.45) is 0 Å². The molecule has 2 aromatic rings. The summed E-state index contributed by atoms with van der Waals surface area (Å²) in [5.74, 6) is 0.00383. The molecule has 0 unspecified atom stereocenters. The maximum absolute atomic E-state index is 13.0. The third-order valence-corrected chi connectivity index (χ3v) is 3.00. The zero-order valence-electron chi connectivity index (χ0n) is 9.41. The summed E-state index contributed by atoms with van der Waals surface area (Å²) >= 11 is 6.80. The molecule has 0 spiro atoms. The van der Waals surface area contributed by atoms with Gasteiger partial charge in [-0.05, 0) is 25.1 Å². The van der Waals surface area contributed by atoms with Crippen LogP contribution in [0.25, 0.3) is 0 Å². The average molecular weight is 286 g/mol. The number of anilines is 2. The first kappa shape index (κ1) is 12.9. The van der Waals surface area contributed by atoms with Crippen molar-refractivity contribution in [2.45, 2.75) is 13.3 Å². The number of benzene rings is 1. The number of nitrogens with one attached hydrogen (secondary N) is 1. The van der Waals surface area contributed by atoms with Gasteiger partial charge in [0.25, 0.3) is 0 Å². The Kier molecular flexibility index (Phi) is 3.88. The molecule has 1 aromatic carbocycles. The monoisotopic (exact) mass is 285 g/mol.